The van der Waals surface area contributed by atoms with Gasteiger partial charge in [0.15, 0.2) is 0 Å². The van der Waals surface area contributed by atoms with Gasteiger partial charge in [0, 0.05) is 17.5 Å². The number of rotatable bonds is 4. The molecule has 0 saturated carbocycles. The van der Waals surface area contributed by atoms with Crippen LogP contribution in [0.2, 0.25) is 0 Å². The van der Waals surface area contributed by atoms with Gasteiger partial charge in [0.25, 0.3) is 0 Å². The van der Waals surface area contributed by atoms with Gasteiger partial charge in [0.2, 0.25) is 5.13 Å². The number of hydrogen-bond donors (Lipinski definition) is 1. The van der Waals surface area contributed by atoms with Crippen LogP contribution in [0.3, 0.4) is 0 Å². The fraction of sp³-hybridized carbons (Fsp3) is 0.167. The van der Waals surface area contributed by atoms with Crippen molar-refractivity contribution in [3.8, 4) is 5.75 Å². The fourth-order valence-electron chi connectivity index (χ4n) is 1.36. The number of hydrogen-bond acceptors (Lipinski definition) is 5. The number of aromatic nitrogens is 1. The predicted molar refractivity (Wildman–Crippen MR) is 71.0 cm³/mol. The van der Waals surface area contributed by atoms with Crippen LogP contribution in [0.4, 0.5) is 13.9 Å². The molecule has 0 aliphatic heterocycles. The summed E-state index contributed by atoms with van der Waals surface area (Å²) < 4.78 is 31.9. The van der Waals surface area contributed by atoms with Gasteiger partial charge in [-0.3, -0.25) is 5.43 Å². The molecule has 2 rings (SSSR count). The van der Waals surface area contributed by atoms with Crippen LogP contribution in [0.1, 0.15) is 11.3 Å². The summed E-state index contributed by atoms with van der Waals surface area (Å²) in [5, 5.41) is 6.15. The molecule has 1 heterocycles. The molecule has 0 aliphatic carbocycles. The third-order valence-corrected chi connectivity index (χ3v) is 3.13. The summed E-state index contributed by atoms with van der Waals surface area (Å²) in [5.41, 5.74) is 3.23. The van der Waals surface area contributed by atoms with Crippen molar-refractivity contribution in [1.82, 2.24) is 4.98 Å². The van der Waals surface area contributed by atoms with Gasteiger partial charge in [-0.2, -0.15) is 5.10 Å². The summed E-state index contributed by atoms with van der Waals surface area (Å²) >= 11 is 1.36. The number of ether oxygens (including phenoxy) is 1. The number of methoxy groups -OCH3 is 1. The first-order valence-electron chi connectivity index (χ1n) is 5.34. The van der Waals surface area contributed by atoms with E-state index in [1.807, 2.05) is 12.3 Å². The molecule has 0 amide bonds. The number of nitrogens with zero attached hydrogens (tertiary/aromatic N) is 2. The summed E-state index contributed by atoms with van der Waals surface area (Å²) in [4.78, 5) is 4.10. The van der Waals surface area contributed by atoms with E-state index in [1.165, 1.54) is 18.4 Å². The third-order valence-electron chi connectivity index (χ3n) is 2.26. The number of benzene rings is 1. The maximum atomic E-state index is 13.6. The average molecular weight is 283 g/mol. The number of thiazole rings is 1. The van der Waals surface area contributed by atoms with Gasteiger partial charge in [-0.15, -0.1) is 11.3 Å². The highest BCUT2D eigenvalue weighted by atomic mass is 32.1. The van der Waals surface area contributed by atoms with Crippen LogP contribution < -0.4 is 10.2 Å². The topological polar surface area (TPSA) is 46.5 Å². The largest absolute Gasteiger partial charge is 0.497 e. The Bertz CT molecular complexity index is 590. The molecule has 2 aromatic rings. The molecule has 1 aromatic heterocycles. The van der Waals surface area contributed by atoms with E-state index in [9.17, 15) is 8.78 Å². The van der Waals surface area contributed by atoms with E-state index >= 15 is 0 Å². The molecular weight excluding hydrogens is 272 g/mol. The highest BCUT2D eigenvalue weighted by Gasteiger charge is 2.09. The summed E-state index contributed by atoms with van der Waals surface area (Å²) in [5.74, 6) is -1.36. The van der Waals surface area contributed by atoms with E-state index < -0.39 is 11.6 Å². The molecule has 0 radical (unpaired) electrons. The zero-order valence-corrected chi connectivity index (χ0v) is 11.1. The number of anilines is 1. The molecule has 1 N–H and O–H groups in total. The Balaban J connectivity index is 2.14. The van der Waals surface area contributed by atoms with Gasteiger partial charge >= 0.3 is 0 Å². The van der Waals surface area contributed by atoms with Gasteiger partial charge < -0.3 is 4.74 Å². The lowest BCUT2D eigenvalue weighted by molar-refractivity contribution is 0.406. The van der Waals surface area contributed by atoms with Crippen LogP contribution in [0.5, 0.6) is 5.75 Å². The second kappa shape index (κ2) is 5.75. The van der Waals surface area contributed by atoms with Crippen LogP contribution in [-0.4, -0.2) is 18.3 Å². The minimum atomic E-state index is -0.738. The van der Waals surface area contributed by atoms with Crippen molar-refractivity contribution in [3.05, 3.63) is 40.4 Å². The average Bonchev–Trinajstić information content (AvgIpc) is 2.78. The highest BCUT2D eigenvalue weighted by Crippen LogP contribution is 2.19. The maximum Gasteiger partial charge on any atom is 0.203 e. The smallest absolute Gasteiger partial charge is 0.203 e. The fourth-order valence-corrected chi connectivity index (χ4v) is 2.00. The van der Waals surface area contributed by atoms with Gasteiger partial charge in [0.05, 0.1) is 24.6 Å². The molecule has 0 atom stereocenters. The third kappa shape index (κ3) is 3.25. The maximum absolute atomic E-state index is 13.6. The lowest BCUT2D eigenvalue weighted by Crippen LogP contribution is -1.98. The van der Waals surface area contributed by atoms with Crippen molar-refractivity contribution in [3.63, 3.8) is 0 Å². The molecule has 100 valence electrons. The first-order chi connectivity index (χ1) is 9.10. The van der Waals surface area contributed by atoms with Gasteiger partial charge in [-0.1, -0.05) is 0 Å². The molecule has 1 aromatic carbocycles. The van der Waals surface area contributed by atoms with E-state index in [0.717, 1.165) is 24.0 Å². The van der Waals surface area contributed by atoms with E-state index in [0.29, 0.717) is 5.13 Å². The molecule has 0 spiro atoms. The van der Waals surface area contributed by atoms with Crippen molar-refractivity contribution >= 4 is 22.7 Å². The van der Waals surface area contributed by atoms with Crippen molar-refractivity contribution in [2.24, 2.45) is 5.10 Å². The first kappa shape index (κ1) is 13.4. The van der Waals surface area contributed by atoms with Crippen molar-refractivity contribution in [2.75, 3.05) is 12.5 Å². The molecule has 7 heteroatoms. The van der Waals surface area contributed by atoms with E-state index in [4.69, 9.17) is 4.74 Å². The summed E-state index contributed by atoms with van der Waals surface area (Å²) in [7, 11) is 1.34. The van der Waals surface area contributed by atoms with Gasteiger partial charge in [-0.05, 0) is 6.92 Å². The molecule has 0 aliphatic rings. The predicted octanol–water partition coefficient (Wildman–Crippen LogP) is 3.18. The number of aryl methyl sites for hydroxylation is 1. The lowest BCUT2D eigenvalue weighted by Gasteiger charge is -2.03. The Morgan fingerprint density at radius 1 is 1.37 bits per heavy atom. The zero-order chi connectivity index (χ0) is 13.8. The van der Waals surface area contributed by atoms with Crippen LogP contribution in [-0.2, 0) is 0 Å². The second-order valence-electron chi connectivity index (χ2n) is 3.67. The Kier molecular flexibility index (Phi) is 4.06. The van der Waals surface area contributed by atoms with Gasteiger partial charge in [0.1, 0.15) is 17.4 Å². The van der Waals surface area contributed by atoms with Crippen molar-refractivity contribution in [1.29, 1.82) is 0 Å². The first-order valence-corrected chi connectivity index (χ1v) is 6.22. The Hall–Kier alpha value is -2.02. The minimum absolute atomic E-state index is 0.121. The summed E-state index contributed by atoms with van der Waals surface area (Å²) in [6, 6.07) is 2.19. The monoisotopic (exact) mass is 283 g/mol. The van der Waals surface area contributed by atoms with Crippen LogP contribution >= 0.6 is 11.3 Å². The number of halogens is 2. The Labute approximate surface area is 112 Å². The SMILES string of the molecule is COc1cc(F)c(C=NNc2nc(C)cs2)c(F)c1. The Morgan fingerprint density at radius 3 is 2.58 bits per heavy atom. The zero-order valence-electron chi connectivity index (χ0n) is 10.3. The standard InChI is InChI=1S/C12H11F2N3OS/c1-7-6-19-12(16-7)17-15-5-9-10(13)3-8(18-2)4-11(9)14/h3-6H,1-2H3,(H,16,17). The number of hydrazone groups is 1. The van der Waals surface area contributed by atoms with E-state index in [2.05, 4.69) is 15.5 Å². The number of nitrogens with one attached hydrogen (secondary N) is 1. The van der Waals surface area contributed by atoms with Crippen molar-refractivity contribution in [2.45, 2.75) is 6.92 Å². The molecule has 4 nitrogen and oxygen atoms in total. The Morgan fingerprint density at radius 2 is 2.05 bits per heavy atom. The highest BCUT2D eigenvalue weighted by molar-refractivity contribution is 7.13. The molecule has 0 bridgehead atoms. The van der Waals surface area contributed by atoms with Crippen molar-refractivity contribution < 1.29 is 13.5 Å². The quantitative estimate of drug-likeness (QED) is 0.692. The van der Waals surface area contributed by atoms with Gasteiger partial charge in [-0.25, -0.2) is 13.8 Å². The molecule has 0 unspecified atom stereocenters. The van der Waals surface area contributed by atoms with E-state index in [1.54, 1.807) is 0 Å². The molecule has 19 heavy (non-hydrogen) atoms. The lowest BCUT2D eigenvalue weighted by atomic mass is 10.2. The molecule has 0 fully saturated rings. The van der Waals surface area contributed by atoms with E-state index in [-0.39, 0.29) is 11.3 Å². The second-order valence-corrected chi connectivity index (χ2v) is 4.53. The van der Waals surface area contributed by atoms with Crippen LogP contribution in [0.15, 0.2) is 22.6 Å². The van der Waals surface area contributed by atoms with Crippen LogP contribution in [0.25, 0.3) is 0 Å². The summed E-state index contributed by atoms with van der Waals surface area (Å²) in [6.45, 7) is 1.84. The minimum Gasteiger partial charge on any atom is -0.497 e. The van der Waals surface area contributed by atoms with Crippen LogP contribution in [0, 0.1) is 18.6 Å². The summed E-state index contributed by atoms with van der Waals surface area (Å²) in [6.07, 6.45) is 1.07. The normalized spacial score (nSPS) is 10.9. The molecular formula is C12H11F2N3OS. The molecule has 0 saturated heterocycles.